The first-order valence-corrected chi connectivity index (χ1v) is 7.22. The molecular formula is C17H16N4O2. The van der Waals surface area contributed by atoms with Gasteiger partial charge in [-0.2, -0.15) is 0 Å². The number of hydrogen-bond acceptors (Lipinski definition) is 5. The Morgan fingerprint density at radius 2 is 1.96 bits per heavy atom. The van der Waals surface area contributed by atoms with Crippen molar-refractivity contribution < 1.29 is 9.32 Å². The summed E-state index contributed by atoms with van der Waals surface area (Å²) in [5.74, 6) is 0.739. The van der Waals surface area contributed by atoms with Crippen LogP contribution >= 0.6 is 0 Å². The molecule has 23 heavy (non-hydrogen) atoms. The Hall–Kier alpha value is -3.02. The van der Waals surface area contributed by atoms with Gasteiger partial charge in [-0.15, -0.1) is 5.10 Å². The Morgan fingerprint density at radius 1 is 1.17 bits per heavy atom. The van der Waals surface area contributed by atoms with Crippen LogP contribution < -0.4 is 0 Å². The second-order valence-corrected chi connectivity index (χ2v) is 5.18. The van der Waals surface area contributed by atoms with Crippen molar-refractivity contribution >= 4 is 18.4 Å². The highest BCUT2D eigenvalue weighted by molar-refractivity contribution is 5.81. The van der Waals surface area contributed by atoms with Gasteiger partial charge in [0.2, 0.25) is 0 Å². The Bertz CT molecular complexity index is 827. The molecule has 2 aromatic heterocycles. The normalized spacial score (nSPS) is 11.2. The van der Waals surface area contributed by atoms with E-state index in [0.717, 1.165) is 22.6 Å². The predicted octanol–water partition coefficient (Wildman–Crippen LogP) is 2.91. The van der Waals surface area contributed by atoms with E-state index in [0.29, 0.717) is 24.2 Å². The lowest BCUT2D eigenvalue weighted by molar-refractivity contribution is 0.111. The van der Waals surface area contributed by atoms with Crippen LogP contribution in [0.4, 0.5) is 0 Å². The molecule has 0 spiro atoms. The molecule has 2 heterocycles. The molecule has 0 N–H and O–H groups in total. The van der Waals surface area contributed by atoms with Crippen LogP contribution in [0.1, 0.15) is 38.8 Å². The molecule has 116 valence electrons. The summed E-state index contributed by atoms with van der Waals surface area (Å²) in [5.41, 5.74) is 3.76. The summed E-state index contributed by atoms with van der Waals surface area (Å²) in [6, 6.07) is 9.84. The summed E-state index contributed by atoms with van der Waals surface area (Å²) in [5, 5.41) is 11.9. The zero-order chi connectivity index (χ0) is 16.2. The quantitative estimate of drug-likeness (QED) is 0.678. The molecule has 0 saturated heterocycles. The van der Waals surface area contributed by atoms with Crippen molar-refractivity contribution in [1.29, 1.82) is 0 Å². The molecule has 6 nitrogen and oxygen atoms in total. The molecule has 0 amide bonds. The summed E-state index contributed by atoms with van der Waals surface area (Å²) in [4.78, 5) is 11.2. The van der Waals surface area contributed by atoms with Crippen molar-refractivity contribution in [3.63, 3.8) is 0 Å². The van der Waals surface area contributed by atoms with Crippen molar-refractivity contribution in [1.82, 2.24) is 20.2 Å². The Morgan fingerprint density at radius 3 is 2.61 bits per heavy atom. The minimum atomic E-state index is 0.309. The molecular weight excluding hydrogens is 292 g/mol. The maximum atomic E-state index is 11.2. The van der Waals surface area contributed by atoms with Gasteiger partial charge >= 0.3 is 0 Å². The van der Waals surface area contributed by atoms with Gasteiger partial charge in [-0.1, -0.05) is 46.8 Å². The molecule has 0 radical (unpaired) electrons. The van der Waals surface area contributed by atoms with Crippen LogP contribution in [0.25, 0.3) is 12.2 Å². The van der Waals surface area contributed by atoms with E-state index < -0.39 is 0 Å². The van der Waals surface area contributed by atoms with Gasteiger partial charge in [0, 0.05) is 5.56 Å². The highest BCUT2D eigenvalue weighted by Gasteiger charge is 2.15. The van der Waals surface area contributed by atoms with E-state index in [4.69, 9.17) is 4.52 Å². The zero-order valence-electron chi connectivity index (χ0n) is 12.9. The fourth-order valence-corrected chi connectivity index (χ4v) is 2.32. The maximum absolute atomic E-state index is 11.2. The monoisotopic (exact) mass is 308 g/mol. The van der Waals surface area contributed by atoms with E-state index in [2.05, 4.69) is 15.5 Å². The first kappa shape index (κ1) is 14.9. The largest absolute Gasteiger partial charge is 0.361 e. The van der Waals surface area contributed by atoms with Gasteiger partial charge in [0.05, 0.1) is 17.9 Å². The van der Waals surface area contributed by atoms with Crippen LogP contribution in [-0.4, -0.2) is 26.4 Å². The molecule has 0 atom stereocenters. The minimum absolute atomic E-state index is 0.309. The lowest BCUT2D eigenvalue weighted by atomic mass is 10.2. The summed E-state index contributed by atoms with van der Waals surface area (Å²) < 4.78 is 6.85. The number of rotatable bonds is 5. The number of aldehydes is 1. The van der Waals surface area contributed by atoms with Crippen LogP contribution in [0.5, 0.6) is 0 Å². The fourth-order valence-electron chi connectivity index (χ4n) is 2.32. The van der Waals surface area contributed by atoms with E-state index in [9.17, 15) is 4.79 Å². The maximum Gasteiger partial charge on any atom is 0.172 e. The molecule has 0 fully saturated rings. The summed E-state index contributed by atoms with van der Waals surface area (Å²) in [6.45, 7) is 4.19. The van der Waals surface area contributed by atoms with Gasteiger partial charge in [-0.05, 0) is 25.5 Å². The van der Waals surface area contributed by atoms with Crippen molar-refractivity contribution in [3.8, 4) is 0 Å². The molecule has 3 aromatic rings. The molecule has 0 saturated carbocycles. The van der Waals surface area contributed by atoms with Crippen LogP contribution in [-0.2, 0) is 6.54 Å². The summed E-state index contributed by atoms with van der Waals surface area (Å²) >= 11 is 0. The molecule has 0 bridgehead atoms. The number of benzene rings is 1. The number of carbonyl (C=O) groups excluding carboxylic acids is 1. The predicted molar refractivity (Wildman–Crippen MR) is 85.9 cm³/mol. The minimum Gasteiger partial charge on any atom is -0.361 e. The van der Waals surface area contributed by atoms with E-state index in [1.54, 1.807) is 4.68 Å². The van der Waals surface area contributed by atoms with Gasteiger partial charge < -0.3 is 4.52 Å². The number of aromatic nitrogens is 4. The van der Waals surface area contributed by atoms with E-state index in [1.165, 1.54) is 0 Å². The van der Waals surface area contributed by atoms with Crippen LogP contribution in [0.15, 0.2) is 34.9 Å². The molecule has 3 rings (SSSR count). The first-order chi connectivity index (χ1) is 11.2. The van der Waals surface area contributed by atoms with Gasteiger partial charge in [-0.3, -0.25) is 4.79 Å². The van der Waals surface area contributed by atoms with Gasteiger partial charge in [0.15, 0.2) is 12.0 Å². The Balaban J connectivity index is 1.95. The van der Waals surface area contributed by atoms with Crippen LogP contribution in [0.2, 0.25) is 0 Å². The number of carbonyl (C=O) groups is 1. The highest BCUT2D eigenvalue weighted by atomic mass is 16.5. The SMILES string of the molecule is Cc1noc(C)c1Cn1nnc(C=O)c1/C=C/c1ccccc1. The van der Waals surface area contributed by atoms with Gasteiger partial charge in [0.1, 0.15) is 5.76 Å². The second-order valence-electron chi connectivity index (χ2n) is 5.18. The van der Waals surface area contributed by atoms with E-state index in [1.807, 2.05) is 56.3 Å². The van der Waals surface area contributed by atoms with Gasteiger partial charge in [0.25, 0.3) is 0 Å². The lowest BCUT2D eigenvalue weighted by Gasteiger charge is -2.03. The number of nitrogens with zero attached hydrogens (tertiary/aromatic N) is 4. The molecule has 0 aliphatic heterocycles. The zero-order valence-corrected chi connectivity index (χ0v) is 12.9. The summed E-state index contributed by atoms with van der Waals surface area (Å²) in [7, 11) is 0. The molecule has 6 heteroatoms. The first-order valence-electron chi connectivity index (χ1n) is 7.22. The third-order valence-electron chi connectivity index (χ3n) is 3.63. The smallest absolute Gasteiger partial charge is 0.172 e. The molecule has 1 aromatic carbocycles. The second kappa shape index (κ2) is 6.39. The van der Waals surface area contributed by atoms with E-state index in [-0.39, 0.29) is 0 Å². The van der Waals surface area contributed by atoms with Crippen molar-refractivity contribution in [2.75, 3.05) is 0 Å². The number of aryl methyl sites for hydroxylation is 2. The topological polar surface area (TPSA) is 73.8 Å². The lowest BCUT2D eigenvalue weighted by Crippen LogP contribution is -2.06. The average molecular weight is 308 g/mol. The van der Waals surface area contributed by atoms with E-state index >= 15 is 0 Å². The van der Waals surface area contributed by atoms with Crippen molar-refractivity contribution in [2.24, 2.45) is 0 Å². The average Bonchev–Trinajstić information content (AvgIpc) is 3.11. The number of hydrogen-bond donors (Lipinski definition) is 0. The molecule has 0 aliphatic carbocycles. The van der Waals surface area contributed by atoms with Gasteiger partial charge in [-0.25, -0.2) is 4.68 Å². The third kappa shape index (κ3) is 3.11. The Labute approximate surface area is 133 Å². The van der Waals surface area contributed by atoms with Crippen molar-refractivity contribution in [3.05, 3.63) is 64.3 Å². The molecule has 0 aliphatic rings. The Kier molecular flexibility index (Phi) is 4.14. The third-order valence-corrected chi connectivity index (χ3v) is 3.63. The standard InChI is InChI=1S/C17H16N4O2/c1-12-15(13(2)23-19-12)10-21-17(16(11-22)18-20-21)9-8-14-6-4-3-5-7-14/h3-9,11H,10H2,1-2H3/b9-8+. The summed E-state index contributed by atoms with van der Waals surface area (Å²) in [6.07, 6.45) is 4.48. The van der Waals surface area contributed by atoms with Crippen molar-refractivity contribution in [2.45, 2.75) is 20.4 Å². The van der Waals surface area contributed by atoms with Crippen LogP contribution in [0, 0.1) is 13.8 Å². The van der Waals surface area contributed by atoms with Crippen LogP contribution in [0.3, 0.4) is 0 Å². The molecule has 0 unspecified atom stereocenters. The fraction of sp³-hybridized carbons (Fsp3) is 0.176. The highest BCUT2D eigenvalue weighted by Crippen LogP contribution is 2.17.